The van der Waals surface area contributed by atoms with E-state index in [-0.39, 0.29) is 5.91 Å². The average Bonchev–Trinajstić information content (AvgIpc) is 3.10. The molecule has 0 saturated carbocycles. The first kappa shape index (κ1) is 16.1. The molecule has 2 aromatic carbocycles. The van der Waals surface area contributed by atoms with Crippen molar-refractivity contribution in [1.29, 1.82) is 0 Å². The van der Waals surface area contributed by atoms with E-state index < -0.39 is 5.82 Å². The van der Waals surface area contributed by atoms with Crippen LogP contribution in [0.2, 0.25) is 0 Å². The largest absolute Gasteiger partial charge is 0.487 e. The summed E-state index contributed by atoms with van der Waals surface area (Å²) in [7, 11) is 0. The third-order valence-corrected chi connectivity index (χ3v) is 4.05. The number of rotatable bonds is 5. The zero-order valence-corrected chi connectivity index (χ0v) is 13.8. The first-order valence-electron chi connectivity index (χ1n) is 7.29. The van der Waals surface area contributed by atoms with Gasteiger partial charge in [0.15, 0.2) is 0 Å². The highest BCUT2D eigenvalue weighted by Gasteiger charge is 2.10. The van der Waals surface area contributed by atoms with Crippen LogP contribution in [0, 0.1) is 12.7 Å². The lowest BCUT2D eigenvalue weighted by Gasteiger charge is -2.10. The minimum Gasteiger partial charge on any atom is -0.487 e. The Hall–Kier alpha value is -2.73. The molecule has 3 aromatic rings. The summed E-state index contributed by atoms with van der Waals surface area (Å²) < 4.78 is 19.0. The Labute approximate surface area is 142 Å². The maximum atomic E-state index is 13.3. The van der Waals surface area contributed by atoms with E-state index in [1.807, 2.05) is 12.3 Å². The molecule has 0 saturated heterocycles. The maximum Gasteiger partial charge on any atom is 0.255 e. The van der Waals surface area contributed by atoms with E-state index in [0.29, 0.717) is 23.6 Å². The van der Waals surface area contributed by atoms with E-state index >= 15 is 0 Å². The summed E-state index contributed by atoms with van der Waals surface area (Å²) in [6.45, 7) is 2.15. The third kappa shape index (κ3) is 3.97. The molecule has 0 aliphatic rings. The van der Waals surface area contributed by atoms with Crippen LogP contribution in [0.3, 0.4) is 0 Å². The number of nitrogens with one attached hydrogen (secondary N) is 1. The standard InChI is InChI=1S/C18H15FN2O2S/c1-12-5-6-14(19)8-17(12)21-18(22)13-3-2-4-16(7-13)23-9-15-10-24-11-20-15/h2-8,10-11H,9H2,1H3,(H,21,22). The molecule has 0 atom stereocenters. The number of hydrogen-bond donors (Lipinski definition) is 1. The van der Waals surface area contributed by atoms with Gasteiger partial charge in [0.2, 0.25) is 0 Å². The Balaban J connectivity index is 1.70. The summed E-state index contributed by atoms with van der Waals surface area (Å²) in [6.07, 6.45) is 0. The van der Waals surface area contributed by atoms with Gasteiger partial charge in [0, 0.05) is 16.6 Å². The van der Waals surface area contributed by atoms with E-state index in [1.54, 1.807) is 35.8 Å². The van der Waals surface area contributed by atoms with Gasteiger partial charge in [-0.05, 0) is 42.8 Å². The highest BCUT2D eigenvalue weighted by Crippen LogP contribution is 2.19. The van der Waals surface area contributed by atoms with Crippen LogP contribution in [-0.2, 0) is 6.61 Å². The van der Waals surface area contributed by atoms with Crippen molar-refractivity contribution in [3.8, 4) is 5.75 Å². The molecule has 0 aliphatic carbocycles. The molecule has 1 aromatic heterocycles. The Bertz CT molecular complexity index is 850. The molecule has 0 bridgehead atoms. The van der Waals surface area contributed by atoms with Crippen molar-refractivity contribution in [2.45, 2.75) is 13.5 Å². The molecule has 0 unspecified atom stereocenters. The van der Waals surface area contributed by atoms with Crippen molar-refractivity contribution in [3.05, 3.63) is 76.0 Å². The van der Waals surface area contributed by atoms with Crippen LogP contribution in [0.4, 0.5) is 10.1 Å². The van der Waals surface area contributed by atoms with Gasteiger partial charge in [-0.15, -0.1) is 11.3 Å². The molecule has 0 fully saturated rings. The topological polar surface area (TPSA) is 51.2 Å². The summed E-state index contributed by atoms with van der Waals surface area (Å²) in [4.78, 5) is 16.5. The van der Waals surface area contributed by atoms with Crippen LogP contribution in [0.1, 0.15) is 21.6 Å². The predicted molar refractivity (Wildman–Crippen MR) is 92.0 cm³/mol. The number of nitrogens with zero attached hydrogens (tertiary/aromatic N) is 1. The molecule has 6 heteroatoms. The van der Waals surface area contributed by atoms with Gasteiger partial charge in [0.25, 0.3) is 5.91 Å². The number of benzene rings is 2. The van der Waals surface area contributed by atoms with Gasteiger partial charge >= 0.3 is 0 Å². The Morgan fingerprint density at radius 2 is 2.17 bits per heavy atom. The molecule has 4 nitrogen and oxygen atoms in total. The number of hydrogen-bond acceptors (Lipinski definition) is 4. The third-order valence-electron chi connectivity index (χ3n) is 3.41. The van der Waals surface area contributed by atoms with Crippen LogP contribution in [0.15, 0.2) is 53.4 Å². The summed E-state index contributed by atoms with van der Waals surface area (Å²) >= 11 is 1.50. The molecule has 3 rings (SSSR count). The fourth-order valence-corrected chi connectivity index (χ4v) is 2.66. The number of halogens is 1. The quantitative estimate of drug-likeness (QED) is 0.747. The van der Waals surface area contributed by atoms with Gasteiger partial charge in [-0.1, -0.05) is 12.1 Å². The molecular formula is C18H15FN2O2S. The van der Waals surface area contributed by atoms with Gasteiger partial charge in [0.1, 0.15) is 18.2 Å². The molecule has 0 radical (unpaired) electrons. The van der Waals surface area contributed by atoms with Crippen LogP contribution in [-0.4, -0.2) is 10.9 Å². The van der Waals surface area contributed by atoms with Gasteiger partial charge in [-0.2, -0.15) is 0 Å². The van der Waals surface area contributed by atoms with Gasteiger partial charge in [-0.3, -0.25) is 4.79 Å². The van der Waals surface area contributed by atoms with Crippen molar-refractivity contribution in [1.82, 2.24) is 4.98 Å². The lowest BCUT2D eigenvalue weighted by Crippen LogP contribution is -2.13. The minimum absolute atomic E-state index is 0.317. The van der Waals surface area contributed by atoms with E-state index in [0.717, 1.165) is 11.3 Å². The highest BCUT2D eigenvalue weighted by molar-refractivity contribution is 7.07. The van der Waals surface area contributed by atoms with Crippen molar-refractivity contribution in [2.75, 3.05) is 5.32 Å². The molecule has 24 heavy (non-hydrogen) atoms. The summed E-state index contributed by atoms with van der Waals surface area (Å²) in [5.74, 6) is -0.134. The monoisotopic (exact) mass is 342 g/mol. The molecule has 1 heterocycles. The zero-order valence-electron chi connectivity index (χ0n) is 13.0. The molecular weight excluding hydrogens is 327 g/mol. The molecule has 1 N–H and O–H groups in total. The number of carbonyl (C=O) groups is 1. The van der Waals surface area contributed by atoms with Crippen LogP contribution >= 0.6 is 11.3 Å². The Morgan fingerprint density at radius 1 is 1.29 bits per heavy atom. The number of aryl methyl sites for hydroxylation is 1. The van der Waals surface area contributed by atoms with Crippen molar-refractivity contribution in [3.63, 3.8) is 0 Å². The average molecular weight is 342 g/mol. The Kier molecular flexibility index (Phi) is 4.86. The van der Waals surface area contributed by atoms with Crippen LogP contribution in [0.5, 0.6) is 5.75 Å². The number of aromatic nitrogens is 1. The van der Waals surface area contributed by atoms with E-state index in [1.165, 1.54) is 23.5 Å². The second-order valence-electron chi connectivity index (χ2n) is 5.21. The number of amides is 1. The predicted octanol–water partition coefficient (Wildman–Crippen LogP) is 4.42. The SMILES string of the molecule is Cc1ccc(F)cc1NC(=O)c1cccc(OCc2cscn2)c1. The van der Waals surface area contributed by atoms with E-state index in [4.69, 9.17) is 4.74 Å². The zero-order chi connectivity index (χ0) is 16.9. The van der Waals surface area contributed by atoms with Crippen molar-refractivity contribution in [2.24, 2.45) is 0 Å². The van der Waals surface area contributed by atoms with Gasteiger partial charge in [0.05, 0.1) is 11.2 Å². The normalized spacial score (nSPS) is 10.4. The Morgan fingerprint density at radius 3 is 2.96 bits per heavy atom. The van der Waals surface area contributed by atoms with Gasteiger partial charge in [-0.25, -0.2) is 9.37 Å². The minimum atomic E-state index is -0.392. The first-order valence-corrected chi connectivity index (χ1v) is 8.23. The summed E-state index contributed by atoms with van der Waals surface area (Å²) in [5.41, 5.74) is 4.26. The van der Waals surface area contributed by atoms with Crippen molar-refractivity contribution < 1.29 is 13.9 Å². The first-order chi connectivity index (χ1) is 11.6. The number of carbonyl (C=O) groups excluding carboxylic acids is 1. The number of anilines is 1. The van der Waals surface area contributed by atoms with Crippen molar-refractivity contribution >= 4 is 22.9 Å². The number of thiazole rings is 1. The van der Waals surface area contributed by atoms with Crippen LogP contribution < -0.4 is 10.1 Å². The smallest absolute Gasteiger partial charge is 0.255 e. The van der Waals surface area contributed by atoms with E-state index in [9.17, 15) is 9.18 Å². The maximum absolute atomic E-state index is 13.3. The highest BCUT2D eigenvalue weighted by atomic mass is 32.1. The van der Waals surface area contributed by atoms with Gasteiger partial charge < -0.3 is 10.1 Å². The second kappa shape index (κ2) is 7.23. The lowest BCUT2D eigenvalue weighted by atomic mass is 10.1. The molecule has 0 aliphatic heterocycles. The van der Waals surface area contributed by atoms with E-state index in [2.05, 4.69) is 10.3 Å². The molecule has 1 amide bonds. The summed E-state index contributed by atoms with van der Waals surface area (Å²) in [6, 6.07) is 11.1. The van der Waals surface area contributed by atoms with Crippen LogP contribution in [0.25, 0.3) is 0 Å². The number of ether oxygens (including phenoxy) is 1. The fourth-order valence-electron chi connectivity index (χ4n) is 2.12. The molecule has 122 valence electrons. The second-order valence-corrected chi connectivity index (χ2v) is 5.93. The summed E-state index contributed by atoms with van der Waals surface area (Å²) in [5, 5.41) is 4.63. The molecule has 0 spiro atoms. The lowest BCUT2D eigenvalue weighted by molar-refractivity contribution is 0.102. The fraction of sp³-hybridized carbons (Fsp3) is 0.111.